The summed E-state index contributed by atoms with van der Waals surface area (Å²) in [6.45, 7) is 5.91. The minimum atomic E-state index is -0.152. The van der Waals surface area contributed by atoms with E-state index in [0.717, 1.165) is 19.4 Å². The summed E-state index contributed by atoms with van der Waals surface area (Å²) in [4.78, 5) is 11.4. The lowest BCUT2D eigenvalue weighted by atomic mass is 10.4. The first kappa shape index (κ1) is 20.3. The van der Waals surface area contributed by atoms with Crippen LogP contribution < -0.4 is 5.32 Å². The normalized spacial score (nSPS) is 10.8. The predicted octanol–water partition coefficient (Wildman–Crippen LogP) is -0.0386. The molecule has 126 valence electrons. The zero-order valence-corrected chi connectivity index (χ0v) is 13.0. The van der Waals surface area contributed by atoms with Crippen molar-refractivity contribution < 1.29 is 28.8 Å². The molecule has 0 unspecified atom stereocenters. The third-order valence-corrected chi connectivity index (χ3v) is 2.42. The van der Waals surface area contributed by atoms with Crippen LogP contribution in [0.1, 0.15) is 19.8 Å². The first-order valence-electron chi connectivity index (χ1n) is 7.49. The largest absolute Gasteiger partial charge is 0.394 e. The molecule has 0 saturated carbocycles. The van der Waals surface area contributed by atoms with E-state index in [-0.39, 0.29) is 19.1 Å². The van der Waals surface area contributed by atoms with Gasteiger partial charge in [-0.2, -0.15) is 0 Å². The molecule has 2 N–H and O–H groups in total. The fourth-order valence-electron chi connectivity index (χ4n) is 1.33. The first-order valence-corrected chi connectivity index (χ1v) is 7.49. The second kappa shape index (κ2) is 17.3. The highest BCUT2D eigenvalue weighted by Crippen LogP contribution is 1.86. The van der Waals surface area contributed by atoms with Crippen LogP contribution in [0.3, 0.4) is 0 Å². The average molecular weight is 307 g/mol. The molecular formula is C14H29NO6. The molecule has 7 nitrogen and oxygen atoms in total. The van der Waals surface area contributed by atoms with Crippen molar-refractivity contribution >= 4 is 5.91 Å². The number of nitrogens with one attached hydrogen (secondary N) is 1. The van der Waals surface area contributed by atoms with E-state index in [9.17, 15) is 4.79 Å². The van der Waals surface area contributed by atoms with Gasteiger partial charge in [0.1, 0.15) is 6.61 Å². The van der Waals surface area contributed by atoms with Crippen molar-refractivity contribution in [3.63, 3.8) is 0 Å². The number of carbonyl (C=O) groups excluding carboxylic acids is 1. The molecule has 0 aromatic heterocycles. The molecule has 1 amide bonds. The van der Waals surface area contributed by atoms with Crippen molar-refractivity contribution in [2.24, 2.45) is 0 Å². The lowest BCUT2D eigenvalue weighted by Crippen LogP contribution is -2.31. The van der Waals surface area contributed by atoms with E-state index in [1.807, 2.05) is 0 Å². The summed E-state index contributed by atoms with van der Waals surface area (Å²) in [5, 5.41) is 11.2. The van der Waals surface area contributed by atoms with Crippen LogP contribution in [0, 0.1) is 0 Å². The van der Waals surface area contributed by atoms with Gasteiger partial charge in [-0.1, -0.05) is 13.3 Å². The molecule has 0 radical (unpaired) electrons. The standard InChI is InChI=1S/C14H29NO6/c1-2-3-6-18-7-4-15-14(17)13-21-12-11-20-10-9-19-8-5-16/h16H,2-13H2,1H3,(H,15,17). The van der Waals surface area contributed by atoms with Gasteiger partial charge in [-0.25, -0.2) is 0 Å². The quantitative estimate of drug-likeness (QED) is 0.389. The molecule has 0 aliphatic heterocycles. The van der Waals surface area contributed by atoms with Crippen molar-refractivity contribution in [3.8, 4) is 0 Å². The minimum absolute atomic E-state index is 0.0157. The van der Waals surface area contributed by atoms with E-state index in [2.05, 4.69) is 12.2 Å². The zero-order chi connectivity index (χ0) is 15.6. The highest BCUT2D eigenvalue weighted by molar-refractivity contribution is 5.77. The number of hydrogen-bond acceptors (Lipinski definition) is 6. The topological polar surface area (TPSA) is 86.3 Å². The zero-order valence-electron chi connectivity index (χ0n) is 13.0. The second-order valence-electron chi connectivity index (χ2n) is 4.32. The minimum Gasteiger partial charge on any atom is -0.394 e. The van der Waals surface area contributed by atoms with Crippen LogP contribution in [0.2, 0.25) is 0 Å². The van der Waals surface area contributed by atoms with Crippen molar-refractivity contribution in [2.75, 3.05) is 66.0 Å². The van der Waals surface area contributed by atoms with Gasteiger partial charge in [-0.3, -0.25) is 4.79 Å². The summed E-state index contributed by atoms with van der Waals surface area (Å²) in [7, 11) is 0. The molecule has 0 fully saturated rings. The summed E-state index contributed by atoms with van der Waals surface area (Å²) >= 11 is 0. The molecule has 0 aromatic carbocycles. The molecule has 0 aliphatic rings. The fourth-order valence-corrected chi connectivity index (χ4v) is 1.33. The fraction of sp³-hybridized carbons (Fsp3) is 0.929. The summed E-state index contributed by atoms with van der Waals surface area (Å²) in [5.41, 5.74) is 0. The van der Waals surface area contributed by atoms with Crippen LogP contribution >= 0.6 is 0 Å². The van der Waals surface area contributed by atoms with Crippen LogP contribution in [0.4, 0.5) is 0 Å². The summed E-state index contributed by atoms with van der Waals surface area (Å²) < 4.78 is 20.7. The number of aliphatic hydroxyl groups is 1. The first-order chi connectivity index (χ1) is 10.3. The Morgan fingerprint density at radius 2 is 1.52 bits per heavy atom. The lowest BCUT2D eigenvalue weighted by Gasteiger charge is -2.07. The predicted molar refractivity (Wildman–Crippen MR) is 78.3 cm³/mol. The van der Waals surface area contributed by atoms with Crippen LogP contribution in [-0.4, -0.2) is 77.0 Å². The lowest BCUT2D eigenvalue weighted by molar-refractivity contribution is -0.126. The monoisotopic (exact) mass is 307 g/mol. The molecule has 0 saturated heterocycles. The maximum Gasteiger partial charge on any atom is 0.246 e. The van der Waals surface area contributed by atoms with Crippen molar-refractivity contribution in [1.82, 2.24) is 5.32 Å². The second-order valence-corrected chi connectivity index (χ2v) is 4.32. The van der Waals surface area contributed by atoms with Crippen LogP contribution in [0.25, 0.3) is 0 Å². The SMILES string of the molecule is CCCCOCCNC(=O)COCCOCCOCCO. The number of ether oxygens (including phenoxy) is 4. The molecule has 7 heteroatoms. The number of aliphatic hydroxyl groups excluding tert-OH is 1. The van der Waals surface area contributed by atoms with E-state index in [4.69, 9.17) is 24.1 Å². The summed E-state index contributed by atoms with van der Waals surface area (Å²) in [6.07, 6.45) is 2.15. The number of rotatable bonds is 16. The van der Waals surface area contributed by atoms with Crippen LogP contribution in [-0.2, 0) is 23.7 Å². The number of hydrogen-bond donors (Lipinski definition) is 2. The average Bonchev–Trinajstić information content (AvgIpc) is 2.49. The van der Waals surface area contributed by atoms with Crippen molar-refractivity contribution in [3.05, 3.63) is 0 Å². The van der Waals surface area contributed by atoms with Gasteiger partial charge in [0.25, 0.3) is 0 Å². The molecule has 0 atom stereocenters. The van der Waals surface area contributed by atoms with Gasteiger partial charge >= 0.3 is 0 Å². The van der Waals surface area contributed by atoms with E-state index in [1.54, 1.807) is 0 Å². The van der Waals surface area contributed by atoms with Gasteiger partial charge in [-0.15, -0.1) is 0 Å². The van der Waals surface area contributed by atoms with Gasteiger partial charge in [0.2, 0.25) is 5.91 Å². The van der Waals surface area contributed by atoms with Gasteiger partial charge in [0.05, 0.1) is 46.2 Å². The van der Waals surface area contributed by atoms with Gasteiger partial charge in [-0.05, 0) is 6.42 Å². The number of amides is 1. The molecular weight excluding hydrogens is 278 g/mol. The Morgan fingerprint density at radius 1 is 0.905 bits per heavy atom. The van der Waals surface area contributed by atoms with E-state index in [1.165, 1.54) is 0 Å². The maximum absolute atomic E-state index is 11.4. The molecule has 21 heavy (non-hydrogen) atoms. The maximum atomic E-state index is 11.4. The molecule has 0 aliphatic carbocycles. The van der Waals surface area contributed by atoms with Gasteiger partial charge in [0, 0.05) is 13.2 Å². The molecule has 0 bridgehead atoms. The molecule has 0 heterocycles. The van der Waals surface area contributed by atoms with Crippen LogP contribution in [0.15, 0.2) is 0 Å². The number of carbonyl (C=O) groups is 1. The summed E-state index contributed by atoms with van der Waals surface area (Å²) in [6, 6.07) is 0. The smallest absolute Gasteiger partial charge is 0.246 e. The molecule has 0 spiro atoms. The van der Waals surface area contributed by atoms with E-state index >= 15 is 0 Å². The Hall–Kier alpha value is -0.730. The van der Waals surface area contributed by atoms with E-state index in [0.29, 0.717) is 46.2 Å². The molecule has 0 aromatic rings. The highest BCUT2D eigenvalue weighted by atomic mass is 16.5. The van der Waals surface area contributed by atoms with Crippen molar-refractivity contribution in [1.29, 1.82) is 0 Å². The number of unbranched alkanes of at least 4 members (excludes halogenated alkanes) is 1. The Bertz CT molecular complexity index is 228. The van der Waals surface area contributed by atoms with Gasteiger partial charge in [0.15, 0.2) is 0 Å². The van der Waals surface area contributed by atoms with Crippen LogP contribution in [0.5, 0.6) is 0 Å². The van der Waals surface area contributed by atoms with E-state index < -0.39 is 0 Å². The highest BCUT2D eigenvalue weighted by Gasteiger charge is 2.00. The molecule has 0 rings (SSSR count). The third kappa shape index (κ3) is 17.2. The Kier molecular flexibility index (Phi) is 16.7. The van der Waals surface area contributed by atoms with Crippen molar-refractivity contribution in [2.45, 2.75) is 19.8 Å². The Labute approximate surface area is 126 Å². The Morgan fingerprint density at radius 3 is 2.19 bits per heavy atom. The summed E-state index contributed by atoms with van der Waals surface area (Å²) in [5.74, 6) is -0.152. The van der Waals surface area contributed by atoms with Gasteiger partial charge < -0.3 is 29.4 Å². The third-order valence-electron chi connectivity index (χ3n) is 2.42. The Balaban J connectivity index is 3.12.